The Hall–Kier alpha value is -7.97. The van der Waals surface area contributed by atoms with Crippen LogP contribution in [0.3, 0.4) is 0 Å². The summed E-state index contributed by atoms with van der Waals surface area (Å²) in [4.78, 5) is 14.7. The SMILES string of the molecule is c1ccc(-c2cc(-c3cc(-n4c5ccccc5c5c6sc7ccccc7c6ccc54)cc(-n4c5ccccc5c5c6sc7ccccc7c6ccc54)c3)cc(-c3ccccn3)n2)nc1. The monoisotopic (exact) mass is 851 g/mol. The van der Waals surface area contributed by atoms with Crippen molar-refractivity contribution in [2.75, 3.05) is 0 Å². The molecule has 0 N–H and O–H groups in total. The molecule has 64 heavy (non-hydrogen) atoms. The van der Waals surface area contributed by atoms with E-state index in [0.29, 0.717) is 0 Å². The molecule has 0 bridgehead atoms. The highest BCUT2D eigenvalue weighted by molar-refractivity contribution is 7.27. The predicted molar refractivity (Wildman–Crippen MR) is 271 cm³/mol. The van der Waals surface area contributed by atoms with Crippen LogP contribution in [0.15, 0.2) is 200 Å². The topological polar surface area (TPSA) is 48.5 Å². The molecule has 7 aromatic carbocycles. The van der Waals surface area contributed by atoms with Crippen molar-refractivity contribution in [3.8, 4) is 45.3 Å². The number of aromatic nitrogens is 5. The summed E-state index contributed by atoms with van der Waals surface area (Å²) >= 11 is 3.77. The van der Waals surface area contributed by atoms with Crippen LogP contribution in [0.5, 0.6) is 0 Å². The molecule has 0 fully saturated rings. The lowest BCUT2D eigenvalue weighted by Crippen LogP contribution is -2.01. The highest BCUT2D eigenvalue weighted by Crippen LogP contribution is 2.46. The molecule has 7 heteroatoms. The third kappa shape index (κ3) is 5.26. The van der Waals surface area contributed by atoms with E-state index in [2.05, 4.69) is 161 Å². The number of rotatable bonds is 5. The number of hydrogen-bond donors (Lipinski definition) is 0. The third-order valence-corrected chi connectivity index (χ3v) is 15.2. The minimum atomic E-state index is 0.791. The fraction of sp³-hybridized carbons (Fsp3) is 0. The van der Waals surface area contributed by atoms with Crippen LogP contribution in [0.1, 0.15) is 0 Å². The maximum absolute atomic E-state index is 5.17. The predicted octanol–water partition coefficient (Wildman–Crippen LogP) is 15.8. The molecule has 14 aromatic rings. The van der Waals surface area contributed by atoms with Crippen molar-refractivity contribution >= 4 is 107 Å². The molecule has 7 heterocycles. The van der Waals surface area contributed by atoms with Gasteiger partial charge in [-0.2, -0.15) is 0 Å². The first kappa shape index (κ1) is 35.6. The second-order valence-electron chi connectivity index (χ2n) is 16.4. The molecule has 0 aliphatic rings. The van der Waals surface area contributed by atoms with Gasteiger partial charge >= 0.3 is 0 Å². The van der Waals surface area contributed by atoms with Gasteiger partial charge in [-0.05, 0) is 102 Å². The summed E-state index contributed by atoms with van der Waals surface area (Å²) in [7, 11) is 0. The summed E-state index contributed by atoms with van der Waals surface area (Å²) in [6.45, 7) is 0. The number of thiophene rings is 2. The van der Waals surface area contributed by atoms with Gasteiger partial charge in [0.2, 0.25) is 0 Å². The second kappa shape index (κ2) is 13.8. The lowest BCUT2D eigenvalue weighted by molar-refractivity contribution is 1.13. The van der Waals surface area contributed by atoms with Crippen molar-refractivity contribution in [1.29, 1.82) is 0 Å². The lowest BCUT2D eigenvalue weighted by atomic mass is 10.0. The Labute approximate surface area is 374 Å². The zero-order valence-electron chi connectivity index (χ0n) is 34.1. The van der Waals surface area contributed by atoms with Gasteiger partial charge in [-0.15, -0.1) is 22.7 Å². The van der Waals surface area contributed by atoms with Crippen LogP contribution in [0.2, 0.25) is 0 Å². The summed E-state index contributed by atoms with van der Waals surface area (Å²) in [5.41, 5.74) is 12.1. The molecule has 0 saturated heterocycles. The van der Waals surface area contributed by atoms with E-state index in [1.807, 2.05) is 71.5 Å². The van der Waals surface area contributed by atoms with Crippen molar-refractivity contribution in [3.63, 3.8) is 0 Å². The highest BCUT2D eigenvalue weighted by atomic mass is 32.1. The first-order valence-electron chi connectivity index (χ1n) is 21.4. The molecular formula is C57H33N5S2. The number of fused-ring (bicyclic) bond motifs is 14. The first-order chi connectivity index (χ1) is 31.7. The van der Waals surface area contributed by atoms with Crippen molar-refractivity contribution in [3.05, 3.63) is 200 Å². The lowest BCUT2D eigenvalue weighted by Gasteiger charge is -2.17. The summed E-state index contributed by atoms with van der Waals surface area (Å²) in [5.74, 6) is 0. The van der Waals surface area contributed by atoms with Crippen LogP contribution < -0.4 is 0 Å². The standard InChI is InChI=1S/C57H33N5S2/c1-5-19-48-42(15-1)54-50(25-23-40-38-13-3-7-21-52(38)63-56(40)54)61(48)36-29-34(35-31-46(44-17-9-11-27-58-44)60-47(32-35)45-18-10-12-28-59-45)30-37(33-36)62-49-20-6-2-16-43(49)55-51(62)26-24-41-39-14-4-8-22-53(39)64-57(41)55/h1-33H. The molecule has 0 spiro atoms. The van der Waals surface area contributed by atoms with Gasteiger partial charge in [0, 0.05) is 85.7 Å². The van der Waals surface area contributed by atoms with E-state index in [-0.39, 0.29) is 0 Å². The fourth-order valence-corrected chi connectivity index (χ4v) is 12.6. The molecule has 0 atom stereocenters. The van der Waals surface area contributed by atoms with E-state index in [0.717, 1.165) is 56.3 Å². The Morgan fingerprint density at radius 2 is 0.766 bits per heavy atom. The quantitative estimate of drug-likeness (QED) is 0.173. The minimum absolute atomic E-state index is 0.791. The zero-order chi connectivity index (χ0) is 41.9. The molecule has 14 rings (SSSR count). The average molecular weight is 852 g/mol. The molecule has 0 aliphatic heterocycles. The molecule has 0 radical (unpaired) electrons. The van der Waals surface area contributed by atoms with Crippen LogP contribution in [0.25, 0.3) is 129 Å². The molecule has 0 amide bonds. The van der Waals surface area contributed by atoms with Crippen LogP contribution in [0, 0.1) is 0 Å². The summed E-state index contributed by atoms with van der Waals surface area (Å²) in [5, 5.41) is 10.2. The largest absolute Gasteiger partial charge is 0.309 e. The van der Waals surface area contributed by atoms with E-state index in [1.165, 1.54) is 72.9 Å². The van der Waals surface area contributed by atoms with Gasteiger partial charge in [-0.25, -0.2) is 4.98 Å². The Kier molecular flexibility index (Phi) is 7.66. The molecule has 0 saturated carbocycles. The van der Waals surface area contributed by atoms with Gasteiger partial charge in [-0.1, -0.05) is 97.1 Å². The number of hydrogen-bond acceptors (Lipinski definition) is 5. The van der Waals surface area contributed by atoms with Crippen molar-refractivity contribution in [2.45, 2.75) is 0 Å². The van der Waals surface area contributed by atoms with Crippen molar-refractivity contribution in [2.24, 2.45) is 0 Å². The van der Waals surface area contributed by atoms with Gasteiger partial charge in [0.1, 0.15) is 0 Å². The Bertz CT molecular complexity index is 3930. The average Bonchev–Trinajstić information content (AvgIpc) is 4.12. The van der Waals surface area contributed by atoms with Gasteiger partial charge in [0.25, 0.3) is 0 Å². The van der Waals surface area contributed by atoms with Gasteiger partial charge in [0.15, 0.2) is 0 Å². The molecule has 7 aromatic heterocycles. The van der Waals surface area contributed by atoms with E-state index >= 15 is 0 Å². The molecule has 5 nitrogen and oxygen atoms in total. The number of benzene rings is 7. The molecule has 0 unspecified atom stereocenters. The van der Waals surface area contributed by atoms with Crippen LogP contribution in [-0.2, 0) is 0 Å². The van der Waals surface area contributed by atoms with Gasteiger partial charge in [0.05, 0.1) is 44.8 Å². The van der Waals surface area contributed by atoms with Crippen molar-refractivity contribution < 1.29 is 0 Å². The first-order valence-corrected chi connectivity index (χ1v) is 23.0. The number of para-hydroxylation sites is 2. The van der Waals surface area contributed by atoms with E-state index in [4.69, 9.17) is 15.0 Å². The zero-order valence-corrected chi connectivity index (χ0v) is 35.7. The van der Waals surface area contributed by atoms with E-state index in [9.17, 15) is 0 Å². The summed E-state index contributed by atoms with van der Waals surface area (Å²) in [6.07, 6.45) is 3.66. The smallest absolute Gasteiger partial charge is 0.0900 e. The van der Waals surface area contributed by atoms with E-state index < -0.39 is 0 Å². The number of nitrogens with zero attached hydrogens (tertiary/aromatic N) is 5. The van der Waals surface area contributed by atoms with Gasteiger partial charge < -0.3 is 9.13 Å². The number of pyridine rings is 3. The summed E-state index contributed by atoms with van der Waals surface area (Å²) < 4.78 is 10.2. The Balaban J connectivity index is 1.11. The summed E-state index contributed by atoms with van der Waals surface area (Å²) in [6, 6.07) is 68.0. The fourth-order valence-electron chi connectivity index (χ4n) is 10.0. The van der Waals surface area contributed by atoms with Crippen LogP contribution >= 0.6 is 22.7 Å². The van der Waals surface area contributed by atoms with E-state index in [1.54, 1.807) is 0 Å². The Morgan fingerprint density at radius 1 is 0.328 bits per heavy atom. The Morgan fingerprint density at radius 3 is 1.25 bits per heavy atom. The second-order valence-corrected chi connectivity index (χ2v) is 18.5. The van der Waals surface area contributed by atoms with Crippen LogP contribution in [-0.4, -0.2) is 24.1 Å². The maximum atomic E-state index is 5.17. The van der Waals surface area contributed by atoms with Gasteiger partial charge in [-0.3, -0.25) is 9.97 Å². The highest BCUT2D eigenvalue weighted by Gasteiger charge is 2.22. The third-order valence-electron chi connectivity index (χ3n) is 12.8. The van der Waals surface area contributed by atoms with Crippen LogP contribution in [0.4, 0.5) is 0 Å². The minimum Gasteiger partial charge on any atom is -0.309 e. The van der Waals surface area contributed by atoms with Crippen molar-refractivity contribution in [1.82, 2.24) is 24.1 Å². The molecule has 0 aliphatic carbocycles. The maximum Gasteiger partial charge on any atom is 0.0900 e. The molecular weight excluding hydrogens is 819 g/mol. The normalized spacial score (nSPS) is 12.1. The molecule has 298 valence electrons.